The van der Waals surface area contributed by atoms with Gasteiger partial charge in [-0.1, -0.05) is 32.3 Å². The summed E-state index contributed by atoms with van der Waals surface area (Å²) in [6, 6.07) is 0. The number of rotatable bonds is 4. The maximum atomic E-state index is 13.2. The predicted molar refractivity (Wildman–Crippen MR) is 124 cm³/mol. The number of allylic oxidation sites excluding steroid dienone is 2. The van der Waals surface area contributed by atoms with Crippen molar-refractivity contribution in [2.24, 2.45) is 40.4 Å². The van der Waals surface area contributed by atoms with E-state index in [0.29, 0.717) is 29.5 Å². The summed E-state index contributed by atoms with van der Waals surface area (Å²) < 4.78 is 6.39. The van der Waals surface area contributed by atoms with Gasteiger partial charge in [0, 0.05) is 11.8 Å². The minimum absolute atomic E-state index is 0.0713. The van der Waals surface area contributed by atoms with Crippen molar-refractivity contribution < 1.29 is 14.6 Å². The van der Waals surface area contributed by atoms with Crippen molar-refractivity contribution in [3.8, 4) is 0 Å². The third-order valence-corrected chi connectivity index (χ3v) is 11.0. The molecule has 174 valence electrons. The lowest BCUT2D eigenvalue weighted by Gasteiger charge is -2.60. The third-order valence-electron chi connectivity index (χ3n) is 11.0. The molecule has 5 aliphatic rings. The molecule has 0 spiro atoms. The molecule has 0 aromatic carbocycles. The molecule has 0 amide bonds. The van der Waals surface area contributed by atoms with Crippen LogP contribution in [0.2, 0.25) is 0 Å². The molecular weight excluding hydrogens is 384 g/mol. The molecule has 0 aromatic rings. The molecular formula is C28H44O3. The van der Waals surface area contributed by atoms with E-state index in [1.54, 1.807) is 0 Å². The van der Waals surface area contributed by atoms with Crippen LogP contribution in [-0.2, 0) is 9.53 Å². The Labute approximate surface area is 189 Å². The quantitative estimate of drug-likeness (QED) is 0.589. The fourth-order valence-electron chi connectivity index (χ4n) is 9.10. The van der Waals surface area contributed by atoms with Gasteiger partial charge in [-0.05, 0) is 107 Å². The lowest BCUT2D eigenvalue weighted by molar-refractivity contribution is -0.246. The largest absolute Gasteiger partial charge is 0.390 e. The molecule has 1 saturated heterocycles. The van der Waals surface area contributed by atoms with Gasteiger partial charge in [0.25, 0.3) is 0 Å². The maximum absolute atomic E-state index is 13.2. The molecule has 0 aromatic heterocycles. The molecule has 4 aliphatic carbocycles. The first kappa shape index (κ1) is 22.1. The molecule has 3 saturated carbocycles. The van der Waals surface area contributed by atoms with Crippen molar-refractivity contribution in [2.75, 3.05) is 6.61 Å². The Morgan fingerprint density at radius 2 is 1.74 bits per heavy atom. The van der Waals surface area contributed by atoms with Gasteiger partial charge in [-0.3, -0.25) is 4.79 Å². The van der Waals surface area contributed by atoms with Crippen LogP contribution < -0.4 is 0 Å². The molecule has 31 heavy (non-hydrogen) atoms. The van der Waals surface area contributed by atoms with Gasteiger partial charge < -0.3 is 9.84 Å². The molecule has 1 heterocycles. The molecule has 1 N–H and O–H groups in total. The SMILES string of the molecule is CC(C)(O)CCC1COC1(C)C1CCC2C3=CC(=O)C4CCCCC4(C)C3CCC21C. The van der Waals surface area contributed by atoms with Crippen molar-refractivity contribution in [3.63, 3.8) is 0 Å². The number of ether oxygens (including phenoxy) is 1. The van der Waals surface area contributed by atoms with Crippen molar-refractivity contribution in [2.45, 2.75) is 110 Å². The van der Waals surface area contributed by atoms with Crippen LogP contribution in [0.25, 0.3) is 0 Å². The Balaban J connectivity index is 1.41. The number of carbonyl (C=O) groups is 1. The highest BCUT2D eigenvalue weighted by atomic mass is 16.5. The molecule has 1 aliphatic heterocycles. The molecule has 5 rings (SSSR count). The fourth-order valence-corrected chi connectivity index (χ4v) is 9.10. The number of carbonyl (C=O) groups excluding carboxylic acids is 1. The topological polar surface area (TPSA) is 46.5 Å². The zero-order valence-corrected chi connectivity index (χ0v) is 20.5. The minimum Gasteiger partial charge on any atom is -0.390 e. The van der Waals surface area contributed by atoms with Crippen LogP contribution in [0, 0.1) is 40.4 Å². The van der Waals surface area contributed by atoms with E-state index in [2.05, 4.69) is 26.8 Å². The smallest absolute Gasteiger partial charge is 0.159 e. The van der Waals surface area contributed by atoms with E-state index in [1.807, 2.05) is 13.8 Å². The number of fused-ring (bicyclic) bond motifs is 5. The minimum atomic E-state index is -0.601. The van der Waals surface area contributed by atoms with Gasteiger partial charge >= 0.3 is 0 Å². The Bertz CT molecular complexity index is 778. The van der Waals surface area contributed by atoms with Crippen molar-refractivity contribution >= 4 is 5.78 Å². The van der Waals surface area contributed by atoms with E-state index >= 15 is 0 Å². The van der Waals surface area contributed by atoms with Crippen LogP contribution in [0.15, 0.2) is 11.6 Å². The number of hydrogen-bond acceptors (Lipinski definition) is 3. The second-order valence-corrected chi connectivity index (χ2v) is 13.2. The zero-order chi connectivity index (χ0) is 22.2. The summed E-state index contributed by atoms with van der Waals surface area (Å²) in [5.41, 5.74) is 1.29. The average Bonchev–Trinajstić information content (AvgIpc) is 3.03. The van der Waals surface area contributed by atoms with E-state index in [4.69, 9.17) is 4.74 Å². The molecule has 0 bridgehead atoms. The number of aliphatic hydroxyl groups is 1. The summed E-state index contributed by atoms with van der Waals surface area (Å²) in [6.45, 7) is 12.0. The Morgan fingerprint density at radius 3 is 2.42 bits per heavy atom. The van der Waals surface area contributed by atoms with Gasteiger partial charge in [0.1, 0.15) is 0 Å². The van der Waals surface area contributed by atoms with Crippen LogP contribution in [0.5, 0.6) is 0 Å². The van der Waals surface area contributed by atoms with Crippen LogP contribution >= 0.6 is 0 Å². The van der Waals surface area contributed by atoms with E-state index in [9.17, 15) is 9.90 Å². The Hall–Kier alpha value is -0.670. The summed E-state index contributed by atoms with van der Waals surface area (Å²) in [6.07, 6.45) is 13.8. The van der Waals surface area contributed by atoms with Gasteiger partial charge in [0.2, 0.25) is 0 Å². The lowest BCUT2D eigenvalue weighted by Crippen LogP contribution is -2.60. The second kappa shape index (κ2) is 7.16. The first-order valence-corrected chi connectivity index (χ1v) is 13.1. The van der Waals surface area contributed by atoms with E-state index < -0.39 is 5.60 Å². The van der Waals surface area contributed by atoms with Crippen LogP contribution in [0.1, 0.15) is 98.8 Å². The molecule has 4 fully saturated rings. The fraction of sp³-hybridized carbons (Fsp3) is 0.893. The first-order valence-electron chi connectivity index (χ1n) is 13.1. The molecule has 3 heteroatoms. The van der Waals surface area contributed by atoms with Crippen LogP contribution in [0.3, 0.4) is 0 Å². The lowest BCUT2D eigenvalue weighted by atomic mass is 9.47. The number of hydrogen-bond donors (Lipinski definition) is 1. The van der Waals surface area contributed by atoms with E-state index in [1.165, 1.54) is 50.5 Å². The van der Waals surface area contributed by atoms with Gasteiger partial charge in [-0.25, -0.2) is 0 Å². The summed E-state index contributed by atoms with van der Waals surface area (Å²) in [5.74, 6) is 2.98. The molecule has 0 radical (unpaired) electrons. The highest BCUT2D eigenvalue weighted by molar-refractivity contribution is 5.94. The van der Waals surface area contributed by atoms with Gasteiger partial charge in [-0.2, -0.15) is 0 Å². The predicted octanol–water partition coefficient (Wildman–Crippen LogP) is 6.09. The first-order chi connectivity index (χ1) is 14.5. The highest BCUT2D eigenvalue weighted by Crippen LogP contribution is 2.68. The molecule has 8 atom stereocenters. The highest BCUT2D eigenvalue weighted by Gasteiger charge is 2.64. The number of ketones is 1. The van der Waals surface area contributed by atoms with Crippen molar-refractivity contribution in [1.82, 2.24) is 0 Å². The monoisotopic (exact) mass is 428 g/mol. The Morgan fingerprint density at radius 1 is 1.00 bits per heavy atom. The second-order valence-electron chi connectivity index (χ2n) is 13.2. The average molecular weight is 429 g/mol. The van der Waals surface area contributed by atoms with Gasteiger partial charge in [0.05, 0.1) is 17.8 Å². The summed E-state index contributed by atoms with van der Waals surface area (Å²) >= 11 is 0. The van der Waals surface area contributed by atoms with E-state index in [0.717, 1.165) is 25.9 Å². The molecule has 3 nitrogen and oxygen atoms in total. The van der Waals surface area contributed by atoms with Crippen molar-refractivity contribution in [3.05, 3.63) is 11.6 Å². The van der Waals surface area contributed by atoms with Crippen molar-refractivity contribution in [1.29, 1.82) is 0 Å². The standard InChI is InChI=1S/C28H44O3/c1-25(2,30)14-11-18-17-31-28(18,5)24-10-9-20-19-16-23(29)22-8-6-7-13-26(22,3)21(19)12-15-27(20,24)4/h16,18,20-22,24,30H,6-15,17H2,1-5H3. The normalized spacial score (nSPS) is 49.5. The zero-order valence-electron chi connectivity index (χ0n) is 20.5. The van der Waals surface area contributed by atoms with Crippen LogP contribution in [-0.4, -0.2) is 28.7 Å². The van der Waals surface area contributed by atoms with Crippen LogP contribution in [0.4, 0.5) is 0 Å². The van der Waals surface area contributed by atoms with Gasteiger partial charge in [-0.15, -0.1) is 0 Å². The molecule has 8 unspecified atom stereocenters. The van der Waals surface area contributed by atoms with Gasteiger partial charge in [0.15, 0.2) is 5.78 Å². The summed E-state index contributed by atoms with van der Waals surface area (Å²) in [7, 11) is 0. The van der Waals surface area contributed by atoms with E-state index in [-0.39, 0.29) is 22.3 Å². The maximum Gasteiger partial charge on any atom is 0.159 e. The third kappa shape index (κ3) is 3.23. The summed E-state index contributed by atoms with van der Waals surface area (Å²) in [4.78, 5) is 13.2. The summed E-state index contributed by atoms with van der Waals surface area (Å²) in [5, 5.41) is 10.3. The Kier molecular flexibility index (Phi) is 5.11.